The van der Waals surface area contributed by atoms with Gasteiger partial charge in [-0.3, -0.25) is 0 Å². The summed E-state index contributed by atoms with van der Waals surface area (Å²) >= 11 is 0. The van der Waals surface area contributed by atoms with Gasteiger partial charge in [0.05, 0.1) is 0 Å². The highest BCUT2D eigenvalue weighted by molar-refractivity contribution is 4.87. The first-order chi connectivity index (χ1) is 8.70. The van der Waals surface area contributed by atoms with Crippen molar-refractivity contribution in [2.45, 2.75) is 31.3 Å². The van der Waals surface area contributed by atoms with Gasteiger partial charge in [0.2, 0.25) is 0 Å². The molecule has 0 aliphatic carbocycles. The molecule has 2 unspecified atom stereocenters. The summed E-state index contributed by atoms with van der Waals surface area (Å²) in [5.41, 5.74) is 0. The second-order valence-electron chi connectivity index (χ2n) is 6.11. The van der Waals surface area contributed by atoms with E-state index in [2.05, 4.69) is 41.6 Å². The molecule has 106 valence electrons. The molecule has 2 atom stereocenters. The quantitative estimate of drug-likeness (QED) is 0.751. The summed E-state index contributed by atoms with van der Waals surface area (Å²) in [6.07, 6.45) is 3.99. The summed E-state index contributed by atoms with van der Waals surface area (Å²) in [5.74, 6) is 0.863. The minimum absolute atomic E-state index is 0.686. The summed E-state index contributed by atoms with van der Waals surface area (Å²) in [6.45, 7) is 6.02. The van der Waals surface area contributed by atoms with Crippen LogP contribution in [0.1, 0.15) is 19.3 Å². The fourth-order valence-corrected chi connectivity index (χ4v) is 3.40. The van der Waals surface area contributed by atoms with Crippen molar-refractivity contribution in [1.29, 1.82) is 0 Å². The SMILES string of the molecule is CNC(CC1CNCCN1C)C1CCN(C)CC1. The van der Waals surface area contributed by atoms with Crippen molar-refractivity contribution in [1.82, 2.24) is 20.4 Å². The van der Waals surface area contributed by atoms with Gasteiger partial charge in [-0.05, 0) is 59.4 Å². The molecular formula is C14H30N4. The fourth-order valence-electron chi connectivity index (χ4n) is 3.40. The standard InChI is InChI=1S/C14H30N4/c1-15-14(12-4-7-17(2)8-5-12)10-13-11-16-6-9-18(13)3/h12-16H,4-11H2,1-3H3. The Hall–Kier alpha value is -0.160. The molecule has 0 aromatic carbocycles. The molecule has 18 heavy (non-hydrogen) atoms. The molecule has 0 bridgehead atoms. The summed E-state index contributed by atoms with van der Waals surface area (Å²) in [5, 5.41) is 7.11. The maximum absolute atomic E-state index is 3.58. The molecule has 0 aromatic rings. The topological polar surface area (TPSA) is 30.5 Å². The van der Waals surface area contributed by atoms with Crippen molar-refractivity contribution >= 4 is 0 Å². The molecule has 0 amide bonds. The second kappa shape index (κ2) is 6.85. The van der Waals surface area contributed by atoms with E-state index in [1.54, 1.807) is 0 Å². The third kappa shape index (κ3) is 3.67. The minimum atomic E-state index is 0.686. The number of nitrogens with zero attached hydrogens (tertiary/aromatic N) is 2. The molecule has 4 nitrogen and oxygen atoms in total. The fraction of sp³-hybridized carbons (Fsp3) is 1.00. The van der Waals surface area contributed by atoms with E-state index in [1.807, 2.05) is 0 Å². The van der Waals surface area contributed by atoms with Crippen LogP contribution in [-0.2, 0) is 0 Å². The van der Waals surface area contributed by atoms with Gasteiger partial charge in [0.15, 0.2) is 0 Å². The van der Waals surface area contributed by atoms with Crippen LogP contribution in [0.25, 0.3) is 0 Å². The van der Waals surface area contributed by atoms with Crippen molar-refractivity contribution in [3.63, 3.8) is 0 Å². The lowest BCUT2D eigenvalue weighted by atomic mass is 9.85. The van der Waals surface area contributed by atoms with Gasteiger partial charge in [-0.25, -0.2) is 0 Å². The summed E-state index contributed by atoms with van der Waals surface area (Å²) in [4.78, 5) is 4.98. The summed E-state index contributed by atoms with van der Waals surface area (Å²) < 4.78 is 0. The van der Waals surface area contributed by atoms with Crippen molar-refractivity contribution in [2.24, 2.45) is 5.92 Å². The number of rotatable bonds is 4. The van der Waals surface area contributed by atoms with Gasteiger partial charge in [0, 0.05) is 31.7 Å². The van der Waals surface area contributed by atoms with Gasteiger partial charge in [0.25, 0.3) is 0 Å². The van der Waals surface area contributed by atoms with Crippen LogP contribution in [0, 0.1) is 5.92 Å². The first-order valence-corrected chi connectivity index (χ1v) is 7.47. The third-order valence-electron chi connectivity index (χ3n) is 4.87. The molecule has 2 aliphatic rings. The number of nitrogens with one attached hydrogen (secondary N) is 2. The molecule has 4 heteroatoms. The molecule has 0 saturated carbocycles. The number of hydrogen-bond acceptors (Lipinski definition) is 4. The molecule has 2 fully saturated rings. The predicted octanol–water partition coefficient (Wildman–Crippen LogP) is 0.210. The molecule has 2 N–H and O–H groups in total. The lowest BCUT2D eigenvalue weighted by Crippen LogP contribution is -2.53. The number of hydrogen-bond donors (Lipinski definition) is 2. The van der Waals surface area contributed by atoms with Crippen molar-refractivity contribution < 1.29 is 0 Å². The van der Waals surface area contributed by atoms with Crippen molar-refractivity contribution in [3.8, 4) is 0 Å². The molecular weight excluding hydrogens is 224 g/mol. The summed E-state index contributed by atoms with van der Waals surface area (Å²) in [6, 6.07) is 1.39. The molecule has 0 radical (unpaired) electrons. The van der Waals surface area contributed by atoms with Gasteiger partial charge in [-0.2, -0.15) is 0 Å². The zero-order chi connectivity index (χ0) is 13.0. The molecule has 2 saturated heterocycles. The first kappa shape index (κ1) is 14.3. The van der Waals surface area contributed by atoms with Crippen molar-refractivity contribution in [2.75, 3.05) is 53.9 Å². The van der Waals surface area contributed by atoms with E-state index in [4.69, 9.17) is 0 Å². The number of piperidine rings is 1. The average molecular weight is 254 g/mol. The van der Waals surface area contributed by atoms with Gasteiger partial charge in [-0.1, -0.05) is 0 Å². The highest BCUT2D eigenvalue weighted by atomic mass is 15.2. The van der Waals surface area contributed by atoms with Gasteiger partial charge < -0.3 is 20.4 Å². The van der Waals surface area contributed by atoms with Crippen LogP contribution in [0.15, 0.2) is 0 Å². The third-order valence-corrected chi connectivity index (χ3v) is 4.87. The molecule has 2 heterocycles. The van der Waals surface area contributed by atoms with Crippen LogP contribution in [-0.4, -0.2) is 75.8 Å². The minimum Gasteiger partial charge on any atom is -0.317 e. The van der Waals surface area contributed by atoms with Crippen molar-refractivity contribution in [3.05, 3.63) is 0 Å². The number of likely N-dealkylation sites (N-methyl/N-ethyl adjacent to an activating group) is 1. The van der Waals surface area contributed by atoms with Crippen LogP contribution < -0.4 is 10.6 Å². The second-order valence-corrected chi connectivity index (χ2v) is 6.11. The average Bonchev–Trinajstić information content (AvgIpc) is 2.39. The maximum Gasteiger partial charge on any atom is 0.0233 e. The largest absolute Gasteiger partial charge is 0.317 e. The Bertz CT molecular complexity index is 238. The zero-order valence-electron chi connectivity index (χ0n) is 12.3. The molecule has 0 aromatic heterocycles. The first-order valence-electron chi connectivity index (χ1n) is 7.47. The normalized spacial score (nSPS) is 30.5. The Kier molecular flexibility index (Phi) is 5.42. The Morgan fingerprint density at radius 2 is 1.94 bits per heavy atom. The maximum atomic E-state index is 3.58. The highest BCUT2D eigenvalue weighted by Crippen LogP contribution is 2.23. The molecule has 2 aliphatic heterocycles. The van der Waals surface area contributed by atoms with Crippen LogP contribution in [0.3, 0.4) is 0 Å². The van der Waals surface area contributed by atoms with E-state index in [-0.39, 0.29) is 0 Å². The van der Waals surface area contributed by atoms with Crippen LogP contribution in [0.5, 0.6) is 0 Å². The van der Waals surface area contributed by atoms with E-state index in [0.29, 0.717) is 12.1 Å². The van der Waals surface area contributed by atoms with Gasteiger partial charge in [0.1, 0.15) is 0 Å². The van der Waals surface area contributed by atoms with E-state index < -0.39 is 0 Å². The van der Waals surface area contributed by atoms with Crippen LogP contribution >= 0.6 is 0 Å². The lowest BCUT2D eigenvalue weighted by Gasteiger charge is -2.39. The lowest BCUT2D eigenvalue weighted by molar-refractivity contribution is 0.137. The Morgan fingerprint density at radius 1 is 1.22 bits per heavy atom. The number of piperazine rings is 1. The van der Waals surface area contributed by atoms with E-state index >= 15 is 0 Å². The van der Waals surface area contributed by atoms with E-state index in [1.165, 1.54) is 38.9 Å². The van der Waals surface area contributed by atoms with Gasteiger partial charge >= 0.3 is 0 Å². The monoisotopic (exact) mass is 254 g/mol. The Morgan fingerprint density at radius 3 is 2.56 bits per heavy atom. The highest BCUT2D eigenvalue weighted by Gasteiger charge is 2.28. The van der Waals surface area contributed by atoms with Crippen LogP contribution in [0.4, 0.5) is 0 Å². The van der Waals surface area contributed by atoms with Gasteiger partial charge in [-0.15, -0.1) is 0 Å². The van der Waals surface area contributed by atoms with E-state index in [0.717, 1.165) is 19.0 Å². The Balaban J connectivity index is 1.84. The number of likely N-dealkylation sites (tertiary alicyclic amines) is 1. The van der Waals surface area contributed by atoms with E-state index in [9.17, 15) is 0 Å². The Labute approximate surface area is 112 Å². The van der Waals surface area contributed by atoms with Crippen LogP contribution in [0.2, 0.25) is 0 Å². The molecule has 0 spiro atoms. The smallest absolute Gasteiger partial charge is 0.0233 e. The molecule has 2 rings (SSSR count). The predicted molar refractivity (Wildman–Crippen MR) is 77.0 cm³/mol. The summed E-state index contributed by atoms with van der Waals surface area (Å²) in [7, 11) is 6.65. The zero-order valence-corrected chi connectivity index (χ0v) is 12.3.